The average molecular weight is 363 g/mol. The second-order valence-corrected chi connectivity index (χ2v) is 5.73. The van der Waals surface area contributed by atoms with Gasteiger partial charge in [0.2, 0.25) is 0 Å². The summed E-state index contributed by atoms with van der Waals surface area (Å²) in [5, 5.41) is 6.60. The number of carbonyl (C=O) groups is 1. The number of rotatable bonds is 3. The zero-order chi connectivity index (χ0) is 15.5. The van der Waals surface area contributed by atoms with E-state index in [1.165, 1.54) is 24.3 Å². The van der Waals surface area contributed by atoms with E-state index in [4.69, 9.17) is 4.84 Å². The number of benzene rings is 2. The van der Waals surface area contributed by atoms with E-state index in [2.05, 4.69) is 26.4 Å². The molecule has 22 heavy (non-hydrogen) atoms. The molecule has 1 amide bonds. The molecule has 0 saturated carbocycles. The Labute approximate surface area is 135 Å². The highest BCUT2D eigenvalue weighted by molar-refractivity contribution is 9.10. The molecule has 0 spiro atoms. The van der Waals surface area contributed by atoms with Crippen LogP contribution in [0.3, 0.4) is 0 Å². The van der Waals surface area contributed by atoms with Gasteiger partial charge in [0, 0.05) is 33.9 Å². The minimum absolute atomic E-state index is 0.211. The SMILES string of the molecule is O=C(Nc1cc(Br)ccc1[C@@H]1CC=NO1)c1ccc(F)cc1. The zero-order valence-electron chi connectivity index (χ0n) is 11.4. The van der Waals surface area contributed by atoms with Crippen molar-refractivity contribution in [2.75, 3.05) is 5.32 Å². The van der Waals surface area contributed by atoms with Crippen LogP contribution in [-0.4, -0.2) is 12.1 Å². The van der Waals surface area contributed by atoms with Crippen molar-refractivity contribution in [3.8, 4) is 0 Å². The number of amides is 1. The first-order valence-electron chi connectivity index (χ1n) is 6.67. The maximum atomic E-state index is 12.9. The predicted octanol–water partition coefficient (Wildman–Crippen LogP) is 4.29. The van der Waals surface area contributed by atoms with Gasteiger partial charge in [-0.3, -0.25) is 4.79 Å². The van der Waals surface area contributed by atoms with Crippen molar-refractivity contribution in [3.63, 3.8) is 0 Å². The fourth-order valence-electron chi connectivity index (χ4n) is 2.20. The summed E-state index contributed by atoms with van der Waals surface area (Å²) in [5.74, 6) is -0.686. The molecule has 2 aromatic carbocycles. The van der Waals surface area contributed by atoms with Gasteiger partial charge in [-0.15, -0.1) is 0 Å². The Morgan fingerprint density at radius 1 is 1.27 bits per heavy atom. The predicted molar refractivity (Wildman–Crippen MR) is 85.4 cm³/mol. The van der Waals surface area contributed by atoms with E-state index in [0.717, 1.165) is 10.0 Å². The van der Waals surface area contributed by atoms with Gasteiger partial charge in [-0.05, 0) is 36.4 Å². The number of oxime groups is 1. The maximum absolute atomic E-state index is 12.9. The van der Waals surface area contributed by atoms with Crippen LogP contribution in [0.4, 0.5) is 10.1 Å². The molecule has 1 aliphatic rings. The van der Waals surface area contributed by atoms with E-state index in [1.807, 2.05) is 12.1 Å². The highest BCUT2D eigenvalue weighted by Crippen LogP contribution is 2.32. The van der Waals surface area contributed by atoms with Gasteiger partial charge >= 0.3 is 0 Å². The summed E-state index contributed by atoms with van der Waals surface area (Å²) < 4.78 is 13.8. The largest absolute Gasteiger partial charge is 0.387 e. The molecule has 1 atom stereocenters. The average Bonchev–Trinajstić information content (AvgIpc) is 3.02. The van der Waals surface area contributed by atoms with Crippen molar-refractivity contribution in [1.82, 2.24) is 0 Å². The Morgan fingerprint density at radius 2 is 2.05 bits per heavy atom. The summed E-state index contributed by atoms with van der Waals surface area (Å²) in [5.41, 5.74) is 1.87. The van der Waals surface area contributed by atoms with Gasteiger partial charge in [-0.1, -0.05) is 27.2 Å². The van der Waals surface area contributed by atoms with Crippen LogP contribution in [0.25, 0.3) is 0 Å². The number of nitrogens with zero attached hydrogens (tertiary/aromatic N) is 1. The van der Waals surface area contributed by atoms with Gasteiger partial charge in [0.25, 0.3) is 5.91 Å². The van der Waals surface area contributed by atoms with Gasteiger partial charge in [-0.25, -0.2) is 4.39 Å². The zero-order valence-corrected chi connectivity index (χ0v) is 13.0. The van der Waals surface area contributed by atoms with Gasteiger partial charge < -0.3 is 10.2 Å². The summed E-state index contributed by atoms with van der Waals surface area (Å²) in [6, 6.07) is 11.0. The first-order valence-corrected chi connectivity index (χ1v) is 7.47. The van der Waals surface area contributed by atoms with Crippen molar-refractivity contribution < 1.29 is 14.0 Å². The molecule has 0 saturated heterocycles. The molecule has 1 N–H and O–H groups in total. The first kappa shape index (κ1) is 14.7. The Balaban J connectivity index is 1.86. The van der Waals surface area contributed by atoms with Crippen molar-refractivity contribution in [3.05, 3.63) is 63.9 Å². The Bertz CT molecular complexity index is 723. The topological polar surface area (TPSA) is 50.7 Å². The molecular formula is C16H12BrFN2O2. The molecule has 1 heterocycles. The van der Waals surface area contributed by atoms with Gasteiger partial charge in [0.05, 0.1) is 0 Å². The van der Waals surface area contributed by atoms with Gasteiger partial charge in [0.15, 0.2) is 6.10 Å². The van der Waals surface area contributed by atoms with Crippen LogP contribution in [0.15, 0.2) is 52.1 Å². The fourth-order valence-corrected chi connectivity index (χ4v) is 2.56. The second kappa shape index (κ2) is 6.27. The van der Waals surface area contributed by atoms with E-state index in [1.54, 1.807) is 12.3 Å². The lowest BCUT2D eigenvalue weighted by molar-refractivity contribution is 0.0861. The molecule has 2 aromatic rings. The van der Waals surface area contributed by atoms with Crippen LogP contribution in [-0.2, 0) is 4.84 Å². The number of hydrogen-bond acceptors (Lipinski definition) is 3. The second-order valence-electron chi connectivity index (χ2n) is 4.81. The summed E-state index contributed by atoms with van der Waals surface area (Å²) in [7, 11) is 0. The number of nitrogens with one attached hydrogen (secondary N) is 1. The molecule has 0 aliphatic carbocycles. The van der Waals surface area contributed by atoms with Crippen molar-refractivity contribution in [1.29, 1.82) is 0 Å². The van der Waals surface area contributed by atoms with E-state index < -0.39 is 0 Å². The lowest BCUT2D eigenvalue weighted by Gasteiger charge is -2.15. The van der Waals surface area contributed by atoms with Crippen LogP contribution in [0.2, 0.25) is 0 Å². The minimum atomic E-state index is -0.379. The summed E-state index contributed by atoms with van der Waals surface area (Å²) in [6.07, 6.45) is 2.14. The standard InChI is InChI=1S/C16H12BrFN2O2/c17-11-3-6-13(15-7-8-19-22-15)14(9-11)20-16(21)10-1-4-12(18)5-2-10/h1-6,8-9,15H,7H2,(H,20,21)/t15-/m0/s1. The Kier molecular flexibility index (Phi) is 4.20. The van der Waals surface area contributed by atoms with E-state index >= 15 is 0 Å². The van der Waals surface area contributed by atoms with Crippen molar-refractivity contribution in [2.24, 2.45) is 5.16 Å². The van der Waals surface area contributed by atoms with Crippen LogP contribution < -0.4 is 5.32 Å². The van der Waals surface area contributed by atoms with Crippen molar-refractivity contribution in [2.45, 2.75) is 12.5 Å². The molecular weight excluding hydrogens is 351 g/mol. The number of carbonyl (C=O) groups excluding carboxylic acids is 1. The van der Waals surface area contributed by atoms with Gasteiger partial charge in [-0.2, -0.15) is 0 Å². The third-order valence-electron chi connectivity index (χ3n) is 3.30. The molecule has 0 fully saturated rings. The molecule has 0 bridgehead atoms. The lowest BCUT2D eigenvalue weighted by atomic mass is 10.0. The normalized spacial score (nSPS) is 16.4. The molecule has 6 heteroatoms. The van der Waals surface area contributed by atoms with Crippen LogP contribution in [0.1, 0.15) is 28.4 Å². The Hall–Kier alpha value is -2.21. The molecule has 3 rings (SSSR count). The summed E-state index contributed by atoms with van der Waals surface area (Å²) in [6.45, 7) is 0. The van der Waals surface area contributed by atoms with E-state index in [9.17, 15) is 9.18 Å². The van der Waals surface area contributed by atoms with Crippen LogP contribution >= 0.6 is 15.9 Å². The highest BCUT2D eigenvalue weighted by atomic mass is 79.9. The number of halogens is 2. The molecule has 4 nitrogen and oxygen atoms in total. The third kappa shape index (κ3) is 3.17. The maximum Gasteiger partial charge on any atom is 0.255 e. The summed E-state index contributed by atoms with van der Waals surface area (Å²) in [4.78, 5) is 17.6. The molecule has 112 valence electrons. The van der Waals surface area contributed by atoms with Crippen molar-refractivity contribution >= 4 is 33.7 Å². The quantitative estimate of drug-likeness (QED) is 0.885. The van der Waals surface area contributed by atoms with E-state index in [-0.39, 0.29) is 17.8 Å². The monoisotopic (exact) mass is 362 g/mol. The molecule has 0 aromatic heterocycles. The fraction of sp³-hybridized carbons (Fsp3) is 0.125. The first-order chi connectivity index (χ1) is 10.6. The highest BCUT2D eigenvalue weighted by Gasteiger charge is 2.21. The van der Waals surface area contributed by atoms with Crippen LogP contribution in [0, 0.1) is 5.82 Å². The number of anilines is 1. The molecule has 0 radical (unpaired) electrons. The minimum Gasteiger partial charge on any atom is -0.387 e. The smallest absolute Gasteiger partial charge is 0.255 e. The Morgan fingerprint density at radius 3 is 2.73 bits per heavy atom. The van der Waals surface area contributed by atoms with Crippen LogP contribution in [0.5, 0.6) is 0 Å². The molecule has 0 unspecified atom stereocenters. The number of hydrogen-bond donors (Lipinski definition) is 1. The third-order valence-corrected chi connectivity index (χ3v) is 3.79. The van der Waals surface area contributed by atoms with E-state index in [0.29, 0.717) is 17.7 Å². The molecule has 1 aliphatic heterocycles. The lowest BCUT2D eigenvalue weighted by Crippen LogP contribution is -2.14. The summed E-state index contributed by atoms with van der Waals surface area (Å²) >= 11 is 3.39. The van der Waals surface area contributed by atoms with Gasteiger partial charge in [0.1, 0.15) is 5.82 Å².